The number of amides is 1. The number of aromatic nitrogens is 4. The Morgan fingerprint density at radius 2 is 1.88 bits per heavy atom. The van der Waals surface area contributed by atoms with Crippen molar-refractivity contribution in [1.29, 1.82) is 0 Å². The number of nitrogens with zero attached hydrogens (tertiary/aromatic N) is 7. The Morgan fingerprint density at radius 3 is 2.60 bits per heavy atom. The number of esters is 1. The van der Waals surface area contributed by atoms with Gasteiger partial charge in [-0.15, -0.1) is 6.58 Å². The molecular weight excluding hydrogens is 660 g/mol. The zero-order valence-corrected chi connectivity index (χ0v) is 31.7. The first-order valence-electron chi connectivity index (χ1n) is 19.4. The van der Waals surface area contributed by atoms with E-state index in [2.05, 4.69) is 52.1 Å². The lowest BCUT2D eigenvalue weighted by Gasteiger charge is -2.61. The van der Waals surface area contributed by atoms with Gasteiger partial charge in [0.2, 0.25) is 5.91 Å². The lowest BCUT2D eigenvalue weighted by Crippen LogP contribution is -2.63. The monoisotopic (exact) mass is 718 g/mol. The highest BCUT2D eigenvalue weighted by molar-refractivity contribution is 5.86. The molecule has 13 nitrogen and oxygen atoms in total. The van der Waals surface area contributed by atoms with Gasteiger partial charge in [-0.25, -0.2) is 15.0 Å². The molecule has 2 saturated heterocycles. The lowest BCUT2D eigenvalue weighted by atomic mass is 9.44. The summed E-state index contributed by atoms with van der Waals surface area (Å²) in [7, 11) is 0. The number of carbonyl (C=O) groups excluding carboxylic acids is 3. The van der Waals surface area contributed by atoms with Gasteiger partial charge in [0.1, 0.15) is 18.2 Å². The number of carbonyl (C=O) groups is 3. The molecule has 1 amide bonds. The van der Waals surface area contributed by atoms with Crippen LogP contribution in [0.25, 0.3) is 11.2 Å². The number of ether oxygens (including phenoxy) is 1. The molecule has 5 aliphatic rings. The van der Waals surface area contributed by atoms with Crippen LogP contribution in [-0.4, -0.2) is 116 Å². The van der Waals surface area contributed by atoms with Crippen molar-refractivity contribution in [3.8, 4) is 0 Å². The van der Waals surface area contributed by atoms with Crippen molar-refractivity contribution in [2.45, 2.75) is 110 Å². The van der Waals surface area contributed by atoms with Gasteiger partial charge in [-0.3, -0.25) is 19.3 Å². The summed E-state index contributed by atoms with van der Waals surface area (Å²) in [4.78, 5) is 60.7. The summed E-state index contributed by atoms with van der Waals surface area (Å²) in [6.45, 7) is 18.4. The maximum Gasteiger partial charge on any atom is 0.320 e. The number of rotatable bonds is 8. The van der Waals surface area contributed by atoms with Crippen LogP contribution < -0.4 is 10.6 Å². The van der Waals surface area contributed by atoms with Crippen molar-refractivity contribution >= 4 is 34.6 Å². The van der Waals surface area contributed by atoms with Crippen molar-refractivity contribution in [3.05, 3.63) is 25.3 Å². The molecule has 3 aliphatic carbocycles. The molecule has 5 fully saturated rings. The van der Waals surface area contributed by atoms with E-state index in [1.54, 1.807) is 12.7 Å². The van der Waals surface area contributed by atoms with Crippen LogP contribution in [0.15, 0.2) is 25.3 Å². The summed E-state index contributed by atoms with van der Waals surface area (Å²) >= 11 is 0. The first kappa shape index (κ1) is 36.9. The van der Waals surface area contributed by atoms with Crippen LogP contribution in [0.1, 0.15) is 79.6 Å². The zero-order valence-electron chi connectivity index (χ0n) is 31.7. The molecule has 0 spiro atoms. The number of aryl methyl sites for hydroxylation is 1. The summed E-state index contributed by atoms with van der Waals surface area (Å²) in [5.74, 6) is 0.595. The average molecular weight is 719 g/mol. The first-order valence-corrected chi connectivity index (χ1v) is 19.4. The quantitative estimate of drug-likeness (QED) is 0.305. The predicted molar refractivity (Wildman–Crippen MR) is 197 cm³/mol. The largest absolute Gasteiger partial charge is 0.461 e. The molecule has 4 heterocycles. The van der Waals surface area contributed by atoms with E-state index in [9.17, 15) is 19.5 Å². The van der Waals surface area contributed by atoms with Crippen molar-refractivity contribution in [2.75, 3.05) is 44.2 Å². The van der Waals surface area contributed by atoms with Crippen LogP contribution in [0.3, 0.4) is 0 Å². The minimum absolute atomic E-state index is 0.0469. The normalized spacial score (nSPS) is 38.2. The van der Waals surface area contributed by atoms with Gasteiger partial charge < -0.3 is 29.9 Å². The van der Waals surface area contributed by atoms with Gasteiger partial charge in [0.15, 0.2) is 17.0 Å². The molecule has 10 atom stereocenters. The highest BCUT2D eigenvalue weighted by Gasteiger charge is 2.68. The number of aliphatic hydroxyl groups is 1. The standard InChI is InChI=1S/C39H58N8O5/c1-7-37(5)18-29(38(6)24(2)8-12-39(26(4)34(37)51)13-9-28(48)33(38)39)52-31(50)21-44-16-17-45(19-25(44)3)30(49)11-15-47-23-43-32-35(41-22-42-36(32)47)46-14-10-27(40)20-46/h7,22-27,29,33-34,51H,1,8-21,40H2,2-6H3/t24-,25+,26+,27?,29-,33-,34+,37-,38+,39+/m1/s1. The fourth-order valence-electron chi connectivity index (χ4n) is 10.9. The summed E-state index contributed by atoms with van der Waals surface area (Å²) < 4.78 is 8.42. The molecule has 2 aliphatic heterocycles. The second-order valence-corrected chi connectivity index (χ2v) is 17.3. The van der Waals surface area contributed by atoms with E-state index in [0.29, 0.717) is 51.1 Å². The van der Waals surface area contributed by atoms with E-state index in [0.717, 1.165) is 50.1 Å². The first-order chi connectivity index (χ1) is 24.7. The Morgan fingerprint density at radius 1 is 1.10 bits per heavy atom. The lowest BCUT2D eigenvalue weighted by molar-refractivity contribution is -0.207. The number of hydrogen-bond donors (Lipinski definition) is 2. The van der Waals surface area contributed by atoms with Crippen LogP contribution in [0, 0.1) is 34.0 Å². The molecule has 3 saturated carbocycles. The number of piperazine rings is 1. The Balaban J connectivity index is 0.990. The molecular formula is C39H58N8O5. The van der Waals surface area contributed by atoms with Crippen molar-refractivity contribution in [1.82, 2.24) is 29.3 Å². The Bertz CT molecular complexity index is 1720. The summed E-state index contributed by atoms with van der Waals surface area (Å²) in [5, 5.41) is 11.8. The third-order valence-corrected chi connectivity index (χ3v) is 14.5. The Kier molecular flexibility index (Phi) is 9.78. The Labute approximate surface area is 307 Å². The third kappa shape index (κ3) is 6.04. The minimum atomic E-state index is -0.698. The topological polar surface area (TPSA) is 160 Å². The molecule has 0 radical (unpaired) electrons. The third-order valence-electron chi connectivity index (χ3n) is 14.5. The minimum Gasteiger partial charge on any atom is -0.461 e. The molecule has 2 bridgehead atoms. The highest BCUT2D eigenvalue weighted by atomic mass is 16.5. The molecule has 0 aromatic carbocycles. The number of imidazole rings is 1. The number of nitrogens with two attached hydrogens (primary N) is 1. The van der Waals surface area contributed by atoms with Gasteiger partial charge >= 0.3 is 5.97 Å². The molecule has 3 N–H and O–H groups in total. The van der Waals surface area contributed by atoms with Crippen LogP contribution in [0.2, 0.25) is 0 Å². The summed E-state index contributed by atoms with van der Waals surface area (Å²) in [6, 6.07) is 0.0728. The fraction of sp³-hybridized carbons (Fsp3) is 0.744. The Hall–Kier alpha value is -3.42. The summed E-state index contributed by atoms with van der Waals surface area (Å²) in [6.07, 6.45) is 8.61. The maximum atomic E-state index is 13.9. The smallest absolute Gasteiger partial charge is 0.320 e. The van der Waals surface area contributed by atoms with E-state index >= 15 is 0 Å². The molecule has 7 rings (SSSR count). The number of fused-ring (bicyclic) bond motifs is 1. The molecule has 13 heteroatoms. The second-order valence-electron chi connectivity index (χ2n) is 17.3. The van der Waals surface area contributed by atoms with Gasteiger partial charge in [0.25, 0.3) is 0 Å². The number of ketones is 1. The van der Waals surface area contributed by atoms with Gasteiger partial charge in [-0.05, 0) is 56.3 Å². The van der Waals surface area contributed by atoms with E-state index in [-0.39, 0.29) is 59.5 Å². The molecule has 1 unspecified atom stereocenters. The van der Waals surface area contributed by atoms with E-state index in [4.69, 9.17) is 10.5 Å². The predicted octanol–water partition coefficient (Wildman–Crippen LogP) is 3.19. The van der Waals surface area contributed by atoms with Crippen molar-refractivity contribution in [3.63, 3.8) is 0 Å². The highest BCUT2D eigenvalue weighted by Crippen LogP contribution is 2.68. The van der Waals surface area contributed by atoms with E-state index < -0.39 is 23.0 Å². The van der Waals surface area contributed by atoms with Gasteiger partial charge in [-0.2, -0.15) is 0 Å². The van der Waals surface area contributed by atoms with E-state index in [1.165, 1.54) is 0 Å². The molecule has 52 heavy (non-hydrogen) atoms. The van der Waals surface area contributed by atoms with Gasteiger partial charge in [0, 0.05) is 80.9 Å². The van der Waals surface area contributed by atoms with Crippen molar-refractivity contribution < 1.29 is 24.2 Å². The molecule has 2 aromatic rings. The van der Waals surface area contributed by atoms with Gasteiger partial charge in [0.05, 0.1) is 19.0 Å². The SMILES string of the molecule is C=C[C@]1(C)C[C@@H](OC(=O)CN2CCN(C(=O)CCn3cnc4c(N5CCC(N)C5)ncnc43)C[C@@H]2C)[C@]2(C)[C@H](C)CC[C@]3(CCC(=O)[C@@H]32)[C@@H](C)[C@@H]1O. The molecule has 2 aromatic heterocycles. The number of anilines is 1. The average Bonchev–Trinajstić information content (AvgIpc) is 3.85. The number of hydrogen-bond acceptors (Lipinski definition) is 11. The van der Waals surface area contributed by atoms with E-state index in [1.807, 2.05) is 29.4 Å². The van der Waals surface area contributed by atoms with Crippen LogP contribution in [0.5, 0.6) is 0 Å². The second kappa shape index (κ2) is 13.8. The maximum absolute atomic E-state index is 13.9. The fourth-order valence-corrected chi connectivity index (χ4v) is 10.9. The van der Waals surface area contributed by atoms with Crippen LogP contribution in [0.4, 0.5) is 5.82 Å². The molecule has 284 valence electrons. The number of Topliss-reactive ketones (excluding diaryl/α,β-unsaturated/α-hetero) is 1. The van der Waals surface area contributed by atoms with Crippen molar-refractivity contribution in [2.24, 2.45) is 39.7 Å². The number of aliphatic hydroxyl groups excluding tert-OH is 1. The zero-order chi connectivity index (χ0) is 37.2. The van der Waals surface area contributed by atoms with Crippen LogP contribution in [-0.2, 0) is 25.7 Å². The van der Waals surface area contributed by atoms with Crippen LogP contribution >= 0.6 is 0 Å². The van der Waals surface area contributed by atoms with Gasteiger partial charge in [-0.1, -0.05) is 33.8 Å². The summed E-state index contributed by atoms with van der Waals surface area (Å²) in [5.41, 5.74) is 6.01.